The van der Waals surface area contributed by atoms with Crippen LogP contribution in [0, 0.1) is 24.6 Å². The number of hydrogen-bond acceptors (Lipinski definition) is 3. The van der Waals surface area contributed by atoms with Crippen LogP contribution >= 0.6 is 0 Å². The van der Waals surface area contributed by atoms with Crippen molar-refractivity contribution in [3.05, 3.63) is 59.4 Å². The van der Waals surface area contributed by atoms with Crippen LogP contribution in [0.3, 0.4) is 0 Å². The van der Waals surface area contributed by atoms with Gasteiger partial charge >= 0.3 is 0 Å². The first-order valence-electron chi connectivity index (χ1n) is 10.5. The fraction of sp³-hybridized carbons (Fsp3) is 0.440. The van der Waals surface area contributed by atoms with E-state index in [1.54, 1.807) is 12.1 Å². The highest BCUT2D eigenvalue weighted by Crippen LogP contribution is 2.37. The molecule has 1 aliphatic heterocycles. The van der Waals surface area contributed by atoms with Gasteiger partial charge in [-0.3, -0.25) is 9.59 Å². The second kappa shape index (κ2) is 8.58. The molecule has 0 radical (unpaired) electrons. The molecule has 0 atom stereocenters. The van der Waals surface area contributed by atoms with Gasteiger partial charge < -0.3 is 4.74 Å². The smallest absolute Gasteiger partial charge is 0.148 e. The molecule has 0 amide bonds. The topological polar surface area (TPSA) is 43.4 Å². The molecular formula is C25H27FO3. The van der Waals surface area contributed by atoms with Crippen molar-refractivity contribution in [2.75, 3.05) is 13.2 Å². The van der Waals surface area contributed by atoms with Gasteiger partial charge in [-0.1, -0.05) is 24.3 Å². The lowest BCUT2D eigenvalue weighted by molar-refractivity contribution is -0.134. The molecule has 4 heteroatoms. The average Bonchev–Trinajstić information content (AvgIpc) is 2.70. The number of ketones is 2. The quantitative estimate of drug-likeness (QED) is 0.665. The van der Waals surface area contributed by atoms with Crippen LogP contribution < -0.4 is 0 Å². The summed E-state index contributed by atoms with van der Waals surface area (Å²) < 4.78 is 18.7. The minimum Gasteiger partial charge on any atom is -0.381 e. The van der Waals surface area contributed by atoms with Gasteiger partial charge in [0.25, 0.3) is 0 Å². The normalized spacial score (nSPS) is 23.4. The molecule has 29 heavy (non-hydrogen) atoms. The molecule has 1 saturated carbocycles. The number of aryl methyl sites for hydroxylation is 1. The molecule has 3 nitrogen and oxygen atoms in total. The molecule has 0 spiro atoms. The molecule has 0 N–H and O–H groups in total. The lowest BCUT2D eigenvalue weighted by Crippen LogP contribution is -2.33. The van der Waals surface area contributed by atoms with E-state index in [0.717, 1.165) is 54.7 Å². The molecule has 2 aromatic rings. The van der Waals surface area contributed by atoms with Crippen molar-refractivity contribution in [1.29, 1.82) is 0 Å². The maximum absolute atomic E-state index is 13.2. The summed E-state index contributed by atoms with van der Waals surface area (Å²) in [6.07, 6.45) is 3.96. The predicted octanol–water partition coefficient (Wildman–Crippen LogP) is 5.25. The van der Waals surface area contributed by atoms with Gasteiger partial charge in [0, 0.05) is 26.1 Å². The van der Waals surface area contributed by atoms with E-state index in [1.165, 1.54) is 12.1 Å². The first-order valence-corrected chi connectivity index (χ1v) is 10.5. The first-order chi connectivity index (χ1) is 14.0. The molecule has 0 bridgehead atoms. The third kappa shape index (κ3) is 4.48. The Bertz CT molecular complexity index is 879. The average molecular weight is 394 g/mol. The SMILES string of the molecule is Cc1ccc(-c2ccc(F)cc2)cc1C1C(=O)CC(CC2CCOCC2)CC1=O. The van der Waals surface area contributed by atoms with Crippen molar-refractivity contribution in [1.82, 2.24) is 0 Å². The highest BCUT2D eigenvalue weighted by molar-refractivity contribution is 6.10. The number of benzene rings is 2. The molecule has 1 saturated heterocycles. The number of halogens is 1. The van der Waals surface area contributed by atoms with Crippen LogP contribution in [0.2, 0.25) is 0 Å². The Morgan fingerprint density at radius 1 is 0.897 bits per heavy atom. The van der Waals surface area contributed by atoms with E-state index in [-0.39, 0.29) is 23.3 Å². The third-order valence-corrected chi connectivity index (χ3v) is 6.40. The van der Waals surface area contributed by atoms with Crippen molar-refractivity contribution in [2.45, 2.75) is 44.9 Å². The zero-order valence-electron chi connectivity index (χ0n) is 16.8. The first kappa shape index (κ1) is 20.0. The van der Waals surface area contributed by atoms with Crippen molar-refractivity contribution >= 4 is 11.6 Å². The molecular weight excluding hydrogens is 367 g/mol. The fourth-order valence-electron chi connectivity index (χ4n) is 4.80. The summed E-state index contributed by atoms with van der Waals surface area (Å²) in [5.74, 6) is -0.143. The Labute approximate surface area is 171 Å². The molecule has 1 aliphatic carbocycles. The van der Waals surface area contributed by atoms with Crippen LogP contribution in [0.4, 0.5) is 4.39 Å². The molecule has 0 aromatic heterocycles. The maximum atomic E-state index is 13.2. The Morgan fingerprint density at radius 2 is 1.52 bits per heavy atom. The summed E-state index contributed by atoms with van der Waals surface area (Å²) in [7, 11) is 0. The largest absolute Gasteiger partial charge is 0.381 e. The second-order valence-electron chi connectivity index (χ2n) is 8.51. The zero-order chi connectivity index (χ0) is 20.4. The third-order valence-electron chi connectivity index (χ3n) is 6.40. The standard InChI is InChI=1S/C25H27FO3/c1-16-2-3-20(19-4-6-21(26)7-5-19)15-22(16)25-23(27)13-18(14-24(25)28)12-17-8-10-29-11-9-17/h2-7,15,17-18,25H,8-14H2,1H3. The predicted molar refractivity (Wildman–Crippen MR) is 110 cm³/mol. The van der Waals surface area contributed by atoms with Crippen LogP contribution in [-0.2, 0) is 14.3 Å². The summed E-state index contributed by atoms with van der Waals surface area (Å²) in [4.78, 5) is 26.0. The maximum Gasteiger partial charge on any atom is 0.148 e. The zero-order valence-corrected chi connectivity index (χ0v) is 16.8. The minimum atomic E-state index is -0.665. The van der Waals surface area contributed by atoms with E-state index in [1.807, 2.05) is 25.1 Å². The number of carbonyl (C=O) groups excluding carboxylic acids is 2. The highest BCUT2D eigenvalue weighted by Gasteiger charge is 2.38. The van der Waals surface area contributed by atoms with Crippen molar-refractivity contribution in [3.63, 3.8) is 0 Å². The number of carbonyl (C=O) groups is 2. The van der Waals surface area contributed by atoms with Crippen LogP contribution in [0.25, 0.3) is 11.1 Å². The van der Waals surface area contributed by atoms with Crippen LogP contribution in [-0.4, -0.2) is 24.8 Å². The molecule has 2 aliphatic rings. The van der Waals surface area contributed by atoms with Crippen molar-refractivity contribution in [3.8, 4) is 11.1 Å². The fourth-order valence-corrected chi connectivity index (χ4v) is 4.80. The molecule has 2 fully saturated rings. The van der Waals surface area contributed by atoms with Gasteiger partial charge in [-0.05, 0) is 78.5 Å². The Morgan fingerprint density at radius 3 is 2.17 bits per heavy atom. The lowest BCUT2D eigenvalue weighted by atomic mass is 9.72. The molecule has 4 rings (SSSR count). The van der Waals surface area contributed by atoms with E-state index in [4.69, 9.17) is 4.74 Å². The Kier molecular flexibility index (Phi) is 5.91. The highest BCUT2D eigenvalue weighted by atomic mass is 19.1. The molecule has 0 unspecified atom stereocenters. The van der Waals surface area contributed by atoms with Gasteiger partial charge in [-0.25, -0.2) is 4.39 Å². The number of hydrogen-bond donors (Lipinski definition) is 0. The Balaban J connectivity index is 1.53. The summed E-state index contributed by atoms with van der Waals surface area (Å²) in [5, 5.41) is 0. The van der Waals surface area contributed by atoms with Gasteiger partial charge in [0.2, 0.25) is 0 Å². The second-order valence-corrected chi connectivity index (χ2v) is 8.51. The van der Waals surface area contributed by atoms with Crippen molar-refractivity contribution in [2.24, 2.45) is 11.8 Å². The number of Topliss-reactive ketones (excluding diaryl/α,β-unsaturated/α-hetero) is 2. The molecule has 2 aromatic carbocycles. The van der Waals surface area contributed by atoms with Gasteiger partial charge in [-0.15, -0.1) is 0 Å². The Hall–Kier alpha value is -2.33. The monoisotopic (exact) mass is 394 g/mol. The molecule has 152 valence electrons. The van der Waals surface area contributed by atoms with E-state index < -0.39 is 5.92 Å². The van der Waals surface area contributed by atoms with E-state index in [2.05, 4.69) is 0 Å². The number of rotatable bonds is 4. The summed E-state index contributed by atoms with van der Waals surface area (Å²) in [5.41, 5.74) is 3.52. The molecule has 1 heterocycles. The number of ether oxygens (including phenoxy) is 1. The van der Waals surface area contributed by atoms with Crippen LogP contribution in [0.1, 0.15) is 49.1 Å². The van der Waals surface area contributed by atoms with Gasteiger partial charge in [0.1, 0.15) is 23.3 Å². The van der Waals surface area contributed by atoms with Crippen molar-refractivity contribution < 1.29 is 18.7 Å². The van der Waals surface area contributed by atoms with Gasteiger partial charge in [0.05, 0.1) is 0 Å². The summed E-state index contributed by atoms with van der Waals surface area (Å²) in [6, 6.07) is 12.1. The lowest BCUT2D eigenvalue weighted by Gasteiger charge is -2.31. The van der Waals surface area contributed by atoms with E-state index in [9.17, 15) is 14.0 Å². The van der Waals surface area contributed by atoms with Crippen LogP contribution in [0.5, 0.6) is 0 Å². The minimum absolute atomic E-state index is 0.0395. The van der Waals surface area contributed by atoms with Gasteiger partial charge in [0.15, 0.2) is 0 Å². The summed E-state index contributed by atoms with van der Waals surface area (Å²) >= 11 is 0. The van der Waals surface area contributed by atoms with E-state index >= 15 is 0 Å². The summed E-state index contributed by atoms with van der Waals surface area (Å²) in [6.45, 7) is 3.52. The van der Waals surface area contributed by atoms with Gasteiger partial charge in [-0.2, -0.15) is 0 Å². The van der Waals surface area contributed by atoms with E-state index in [0.29, 0.717) is 18.8 Å². The van der Waals surface area contributed by atoms with Crippen LogP contribution in [0.15, 0.2) is 42.5 Å².